The zero-order valence-electron chi connectivity index (χ0n) is 11.7. The van der Waals surface area contributed by atoms with Gasteiger partial charge in [-0.25, -0.2) is 4.39 Å². The summed E-state index contributed by atoms with van der Waals surface area (Å²) in [6.07, 6.45) is 0.442. The molecule has 21 heavy (non-hydrogen) atoms. The van der Waals surface area contributed by atoms with E-state index < -0.39 is 11.7 Å². The Morgan fingerprint density at radius 3 is 2.76 bits per heavy atom. The molecule has 5 nitrogen and oxygen atoms in total. The third kappa shape index (κ3) is 5.63. The predicted octanol–water partition coefficient (Wildman–Crippen LogP) is 0.425. The summed E-state index contributed by atoms with van der Waals surface area (Å²) in [5.74, 6) is 3.89. The molecule has 0 spiro atoms. The molecular formula is C15H17FN2O3. The van der Waals surface area contributed by atoms with Crippen molar-refractivity contribution in [3.8, 4) is 11.8 Å². The Labute approximate surface area is 122 Å². The number of aliphatic hydroxyl groups is 1. The Hall–Kier alpha value is -2.39. The molecule has 0 saturated heterocycles. The Balaban J connectivity index is 2.65. The minimum absolute atomic E-state index is 0.0543. The van der Waals surface area contributed by atoms with Gasteiger partial charge in [0.2, 0.25) is 5.91 Å². The number of nitrogens with one attached hydrogen (secondary N) is 2. The fourth-order valence-electron chi connectivity index (χ4n) is 1.51. The molecule has 0 aromatic heterocycles. The van der Waals surface area contributed by atoms with Gasteiger partial charge in [0.1, 0.15) is 5.82 Å². The monoisotopic (exact) mass is 292 g/mol. The van der Waals surface area contributed by atoms with E-state index in [1.165, 1.54) is 19.2 Å². The lowest BCUT2D eigenvalue weighted by molar-refractivity contribution is -0.120. The molecule has 0 radical (unpaired) electrons. The van der Waals surface area contributed by atoms with Crippen LogP contribution in [-0.4, -0.2) is 37.1 Å². The molecule has 1 rings (SSSR count). The van der Waals surface area contributed by atoms with Gasteiger partial charge in [0.05, 0.1) is 12.2 Å². The fraction of sp³-hybridized carbons (Fsp3) is 0.333. The smallest absolute Gasteiger partial charge is 0.254 e. The van der Waals surface area contributed by atoms with Gasteiger partial charge in [-0.05, 0) is 18.2 Å². The van der Waals surface area contributed by atoms with E-state index in [4.69, 9.17) is 5.11 Å². The van der Waals surface area contributed by atoms with Crippen molar-refractivity contribution < 1.29 is 19.1 Å². The molecule has 0 saturated carbocycles. The zero-order valence-corrected chi connectivity index (χ0v) is 11.7. The van der Waals surface area contributed by atoms with Crippen LogP contribution >= 0.6 is 0 Å². The molecule has 0 bridgehead atoms. The summed E-state index contributed by atoms with van der Waals surface area (Å²) >= 11 is 0. The summed E-state index contributed by atoms with van der Waals surface area (Å²) < 4.78 is 13.8. The van der Waals surface area contributed by atoms with E-state index in [0.717, 1.165) is 6.07 Å². The van der Waals surface area contributed by atoms with Crippen molar-refractivity contribution in [2.24, 2.45) is 0 Å². The molecule has 0 heterocycles. The number of amides is 2. The second kappa shape index (κ2) is 8.72. The Kier molecular flexibility index (Phi) is 6.92. The number of carbonyl (C=O) groups is 2. The van der Waals surface area contributed by atoms with Crippen LogP contribution in [0.4, 0.5) is 4.39 Å². The summed E-state index contributed by atoms with van der Waals surface area (Å²) in [4.78, 5) is 22.8. The van der Waals surface area contributed by atoms with Crippen LogP contribution in [0.2, 0.25) is 0 Å². The first-order valence-electron chi connectivity index (χ1n) is 6.46. The van der Waals surface area contributed by atoms with Crippen LogP contribution in [0.5, 0.6) is 0 Å². The molecule has 0 aliphatic carbocycles. The number of carbonyl (C=O) groups excluding carboxylic acids is 2. The maximum atomic E-state index is 13.8. The first-order valence-corrected chi connectivity index (χ1v) is 6.46. The molecule has 0 aliphatic heterocycles. The van der Waals surface area contributed by atoms with E-state index in [0.29, 0.717) is 12.0 Å². The predicted molar refractivity (Wildman–Crippen MR) is 76.0 cm³/mol. The third-order valence-corrected chi connectivity index (χ3v) is 2.60. The first-order chi connectivity index (χ1) is 10.1. The molecule has 0 unspecified atom stereocenters. The van der Waals surface area contributed by atoms with E-state index >= 15 is 0 Å². The van der Waals surface area contributed by atoms with Crippen molar-refractivity contribution in [3.63, 3.8) is 0 Å². The van der Waals surface area contributed by atoms with Crippen molar-refractivity contribution >= 4 is 11.8 Å². The number of hydrogen-bond acceptors (Lipinski definition) is 3. The highest BCUT2D eigenvalue weighted by molar-refractivity contribution is 5.94. The molecule has 6 heteroatoms. The molecule has 0 aliphatic rings. The van der Waals surface area contributed by atoms with Crippen molar-refractivity contribution in [2.45, 2.75) is 12.8 Å². The Morgan fingerprint density at radius 2 is 2.14 bits per heavy atom. The van der Waals surface area contributed by atoms with Gasteiger partial charge in [0.25, 0.3) is 5.91 Å². The van der Waals surface area contributed by atoms with E-state index in [1.807, 2.05) is 0 Å². The summed E-state index contributed by atoms with van der Waals surface area (Å²) in [6, 6.07) is 4.03. The van der Waals surface area contributed by atoms with Gasteiger partial charge >= 0.3 is 0 Å². The average molecular weight is 292 g/mol. The normalized spacial score (nSPS) is 9.48. The number of rotatable bonds is 5. The minimum Gasteiger partial charge on any atom is -0.395 e. The first kappa shape index (κ1) is 16.7. The quantitative estimate of drug-likeness (QED) is 0.689. The van der Waals surface area contributed by atoms with Crippen molar-refractivity contribution in [1.82, 2.24) is 10.6 Å². The van der Waals surface area contributed by atoms with E-state index in [-0.39, 0.29) is 31.0 Å². The van der Waals surface area contributed by atoms with E-state index in [1.54, 1.807) is 0 Å². The van der Waals surface area contributed by atoms with Gasteiger partial charge in [-0.1, -0.05) is 11.8 Å². The van der Waals surface area contributed by atoms with Crippen LogP contribution < -0.4 is 10.6 Å². The SMILES string of the molecule is CNC(=O)CCNC(=O)c1ccc(C#CCCO)cc1F. The standard InChI is InChI=1S/C15H17FN2O3/c1-17-14(20)7-8-18-15(21)12-6-5-11(10-13(12)16)4-2-3-9-19/h5-6,10,19H,3,7-9H2,1H3,(H,17,20)(H,18,21). The van der Waals surface area contributed by atoms with Gasteiger partial charge in [0, 0.05) is 32.0 Å². The van der Waals surface area contributed by atoms with Crippen molar-refractivity contribution in [1.29, 1.82) is 0 Å². The maximum Gasteiger partial charge on any atom is 0.254 e. The van der Waals surface area contributed by atoms with Gasteiger partial charge in [-0.15, -0.1) is 0 Å². The lowest BCUT2D eigenvalue weighted by Crippen LogP contribution is -2.29. The molecule has 2 amide bonds. The third-order valence-electron chi connectivity index (χ3n) is 2.60. The second-order valence-corrected chi connectivity index (χ2v) is 4.15. The van der Waals surface area contributed by atoms with Gasteiger partial charge < -0.3 is 15.7 Å². The van der Waals surface area contributed by atoms with Crippen LogP contribution in [0.15, 0.2) is 18.2 Å². The van der Waals surface area contributed by atoms with Crippen LogP contribution in [0, 0.1) is 17.7 Å². The molecule has 0 fully saturated rings. The summed E-state index contributed by atoms with van der Waals surface area (Å²) in [7, 11) is 1.50. The number of aliphatic hydroxyl groups excluding tert-OH is 1. The van der Waals surface area contributed by atoms with Gasteiger partial charge in [-0.3, -0.25) is 9.59 Å². The maximum absolute atomic E-state index is 13.8. The molecule has 0 atom stereocenters. The molecular weight excluding hydrogens is 275 g/mol. The number of benzene rings is 1. The van der Waals surface area contributed by atoms with Gasteiger partial charge in [-0.2, -0.15) is 0 Å². The van der Waals surface area contributed by atoms with Crippen molar-refractivity contribution in [2.75, 3.05) is 20.2 Å². The van der Waals surface area contributed by atoms with Crippen LogP contribution in [-0.2, 0) is 4.79 Å². The lowest BCUT2D eigenvalue weighted by atomic mass is 10.1. The molecule has 3 N–H and O–H groups in total. The summed E-state index contributed by atoms with van der Waals surface area (Å²) in [5, 5.41) is 13.5. The Morgan fingerprint density at radius 1 is 1.38 bits per heavy atom. The number of hydrogen-bond donors (Lipinski definition) is 3. The topological polar surface area (TPSA) is 78.4 Å². The largest absolute Gasteiger partial charge is 0.395 e. The van der Waals surface area contributed by atoms with Crippen molar-refractivity contribution in [3.05, 3.63) is 35.1 Å². The Bertz CT molecular complexity index is 576. The van der Waals surface area contributed by atoms with Gasteiger partial charge in [0.15, 0.2) is 0 Å². The van der Waals surface area contributed by atoms with Crippen LogP contribution in [0.3, 0.4) is 0 Å². The fourth-order valence-corrected chi connectivity index (χ4v) is 1.51. The lowest BCUT2D eigenvalue weighted by Gasteiger charge is -2.06. The second-order valence-electron chi connectivity index (χ2n) is 4.15. The van der Waals surface area contributed by atoms with E-state index in [9.17, 15) is 14.0 Å². The molecule has 112 valence electrons. The minimum atomic E-state index is -0.678. The highest BCUT2D eigenvalue weighted by Gasteiger charge is 2.11. The van der Waals surface area contributed by atoms with Crippen LogP contribution in [0.25, 0.3) is 0 Å². The number of halogens is 1. The highest BCUT2D eigenvalue weighted by Crippen LogP contribution is 2.10. The summed E-state index contributed by atoms with van der Waals surface area (Å²) in [5.41, 5.74) is 0.336. The highest BCUT2D eigenvalue weighted by atomic mass is 19.1. The summed E-state index contributed by atoms with van der Waals surface area (Å²) in [6.45, 7) is 0.0807. The molecule has 1 aromatic rings. The zero-order chi connectivity index (χ0) is 15.7. The van der Waals surface area contributed by atoms with Crippen LogP contribution in [0.1, 0.15) is 28.8 Å². The average Bonchev–Trinajstić information content (AvgIpc) is 2.47. The van der Waals surface area contributed by atoms with E-state index in [2.05, 4.69) is 22.5 Å². The molecule has 1 aromatic carbocycles.